The van der Waals surface area contributed by atoms with Crippen LogP contribution in [0.2, 0.25) is 0 Å². The van der Waals surface area contributed by atoms with E-state index in [-0.39, 0.29) is 0 Å². The first-order valence-electron chi connectivity index (χ1n) is 9.74. The maximum atomic E-state index is 5.46. The van der Waals surface area contributed by atoms with Gasteiger partial charge in [-0.1, -0.05) is 0 Å². The molecule has 2 aliphatic rings. The smallest absolute Gasteiger partial charge is 0.227 e. The summed E-state index contributed by atoms with van der Waals surface area (Å²) in [5, 5.41) is 4.58. The Labute approximate surface area is 160 Å². The molecule has 0 radical (unpaired) electrons. The zero-order valence-electron chi connectivity index (χ0n) is 16.6. The summed E-state index contributed by atoms with van der Waals surface area (Å²) >= 11 is 0. The third kappa shape index (κ3) is 4.22. The molecular weight excluding hydrogens is 342 g/mol. The molecule has 8 nitrogen and oxygen atoms in total. The Morgan fingerprint density at radius 1 is 0.926 bits per heavy atom. The number of rotatable bonds is 4. The lowest BCUT2D eigenvalue weighted by molar-refractivity contribution is 0.122. The highest BCUT2D eigenvalue weighted by Crippen LogP contribution is 2.20. The monoisotopic (exact) mass is 371 g/mol. The molecule has 0 unspecified atom stereocenters. The molecule has 0 saturated carbocycles. The van der Waals surface area contributed by atoms with Crippen LogP contribution >= 0.6 is 0 Å². The van der Waals surface area contributed by atoms with E-state index in [2.05, 4.69) is 45.8 Å². The quantitative estimate of drug-likeness (QED) is 0.794. The van der Waals surface area contributed by atoms with Gasteiger partial charge in [0.25, 0.3) is 0 Å². The minimum atomic E-state index is 0.768. The fourth-order valence-electron chi connectivity index (χ4n) is 3.68. The fourth-order valence-corrected chi connectivity index (χ4v) is 3.68. The molecular formula is C19H29N7O. The largest absolute Gasteiger partial charge is 0.378 e. The van der Waals surface area contributed by atoms with E-state index in [4.69, 9.17) is 14.7 Å². The third-order valence-corrected chi connectivity index (χ3v) is 5.37. The molecule has 0 atom stereocenters. The van der Waals surface area contributed by atoms with Crippen LogP contribution < -0.4 is 9.80 Å². The van der Waals surface area contributed by atoms with Gasteiger partial charge in [0.1, 0.15) is 5.82 Å². The predicted molar refractivity (Wildman–Crippen MR) is 105 cm³/mol. The number of hydrogen-bond acceptors (Lipinski definition) is 7. The maximum absolute atomic E-state index is 5.46. The minimum absolute atomic E-state index is 0.768. The van der Waals surface area contributed by atoms with Crippen LogP contribution in [0.25, 0.3) is 0 Å². The van der Waals surface area contributed by atoms with Crippen molar-refractivity contribution >= 4 is 11.8 Å². The van der Waals surface area contributed by atoms with Crippen molar-refractivity contribution < 1.29 is 4.74 Å². The molecule has 2 saturated heterocycles. The van der Waals surface area contributed by atoms with E-state index in [1.54, 1.807) is 0 Å². The Morgan fingerprint density at radius 2 is 1.67 bits per heavy atom. The SMILES string of the molecule is Cc1cc(N2CCOCC2)nc(N2CCN(Cc3cc(C)n(C)n3)CC2)n1. The molecule has 0 aromatic carbocycles. The van der Waals surface area contributed by atoms with Crippen molar-refractivity contribution in [2.24, 2.45) is 7.05 Å². The summed E-state index contributed by atoms with van der Waals surface area (Å²) < 4.78 is 7.40. The molecule has 2 fully saturated rings. The average molecular weight is 371 g/mol. The summed E-state index contributed by atoms with van der Waals surface area (Å²) in [6.07, 6.45) is 0. The Kier molecular flexibility index (Phi) is 5.27. The van der Waals surface area contributed by atoms with Crippen LogP contribution in [0.4, 0.5) is 11.8 Å². The van der Waals surface area contributed by atoms with Gasteiger partial charge < -0.3 is 14.5 Å². The van der Waals surface area contributed by atoms with Crippen molar-refractivity contribution in [1.82, 2.24) is 24.6 Å². The second kappa shape index (κ2) is 7.82. The van der Waals surface area contributed by atoms with Crippen molar-refractivity contribution in [2.45, 2.75) is 20.4 Å². The number of nitrogens with zero attached hydrogens (tertiary/aromatic N) is 7. The molecule has 2 aromatic rings. The first-order chi connectivity index (χ1) is 13.1. The summed E-state index contributed by atoms with van der Waals surface area (Å²) in [7, 11) is 2.00. The molecule has 0 aliphatic carbocycles. The lowest BCUT2D eigenvalue weighted by Crippen LogP contribution is -2.47. The van der Waals surface area contributed by atoms with Crippen LogP contribution in [-0.4, -0.2) is 77.1 Å². The predicted octanol–water partition coefficient (Wildman–Crippen LogP) is 0.986. The molecule has 0 spiro atoms. The number of ether oxygens (including phenoxy) is 1. The van der Waals surface area contributed by atoms with E-state index in [0.717, 1.165) is 82.2 Å². The summed E-state index contributed by atoms with van der Waals surface area (Å²) in [4.78, 5) is 16.6. The van der Waals surface area contributed by atoms with Crippen molar-refractivity contribution in [3.05, 3.63) is 29.2 Å². The summed E-state index contributed by atoms with van der Waals surface area (Å²) in [5.41, 5.74) is 3.37. The highest BCUT2D eigenvalue weighted by atomic mass is 16.5. The van der Waals surface area contributed by atoms with Gasteiger partial charge in [-0.25, -0.2) is 4.98 Å². The van der Waals surface area contributed by atoms with Gasteiger partial charge in [-0.05, 0) is 19.9 Å². The Morgan fingerprint density at radius 3 is 2.33 bits per heavy atom. The Balaban J connectivity index is 1.39. The molecule has 0 bridgehead atoms. The van der Waals surface area contributed by atoms with E-state index >= 15 is 0 Å². The molecule has 4 rings (SSSR count). The Bertz CT molecular complexity index is 757. The van der Waals surface area contributed by atoms with Gasteiger partial charge in [-0.3, -0.25) is 9.58 Å². The van der Waals surface area contributed by atoms with Gasteiger partial charge in [-0.2, -0.15) is 10.1 Å². The first-order valence-corrected chi connectivity index (χ1v) is 9.74. The normalized spacial score (nSPS) is 18.9. The number of anilines is 2. The van der Waals surface area contributed by atoms with Gasteiger partial charge in [0.05, 0.1) is 18.9 Å². The standard InChI is InChI=1S/C19H29N7O/c1-15-12-18(25-8-10-27-11-9-25)21-19(20-15)26-6-4-24(5-7-26)14-17-13-16(2)23(3)22-17/h12-13H,4-11,14H2,1-3H3. The van der Waals surface area contributed by atoms with Crippen LogP contribution in [0.15, 0.2) is 12.1 Å². The second-order valence-corrected chi connectivity index (χ2v) is 7.43. The fraction of sp³-hybridized carbons (Fsp3) is 0.632. The maximum Gasteiger partial charge on any atom is 0.227 e. The zero-order chi connectivity index (χ0) is 18.8. The van der Waals surface area contributed by atoms with Gasteiger partial charge >= 0.3 is 0 Å². The van der Waals surface area contributed by atoms with Gasteiger partial charge in [0, 0.05) is 70.3 Å². The molecule has 8 heteroatoms. The molecule has 0 N–H and O–H groups in total. The minimum Gasteiger partial charge on any atom is -0.378 e. The number of piperazine rings is 1. The number of morpholine rings is 1. The second-order valence-electron chi connectivity index (χ2n) is 7.43. The van der Waals surface area contributed by atoms with Crippen molar-refractivity contribution in [3.8, 4) is 0 Å². The third-order valence-electron chi connectivity index (χ3n) is 5.37. The number of aryl methyl sites for hydroxylation is 3. The van der Waals surface area contributed by atoms with Crippen molar-refractivity contribution in [1.29, 1.82) is 0 Å². The Hall–Kier alpha value is -2.19. The highest BCUT2D eigenvalue weighted by molar-refractivity contribution is 5.46. The van der Waals surface area contributed by atoms with Crippen molar-refractivity contribution in [3.63, 3.8) is 0 Å². The lowest BCUT2D eigenvalue weighted by atomic mass is 10.3. The average Bonchev–Trinajstić information content (AvgIpc) is 2.99. The number of aromatic nitrogens is 4. The van der Waals surface area contributed by atoms with Gasteiger partial charge in [0.2, 0.25) is 5.95 Å². The van der Waals surface area contributed by atoms with Gasteiger partial charge in [0.15, 0.2) is 0 Å². The summed E-state index contributed by atoms with van der Waals surface area (Å²) in [6.45, 7) is 12.3. The molecule has 2 aromatic heterocycles. The van der Waals surface area contributed by atoms with Crippen LogP contribution in [-0.2, 0) is 18.3 Å². The molecule has 4 heterocycles. The summed E-state index contributed by atoms with van der Waals surface area (Å²) in [6, 6.07) is 4.25. The van der Waals surface area contributed by atoms with Crippen LogP contribution in [0.5, 0.6) is 0 Å². The van der Waals surface area contributed by atoms with Crippen LogP contribution in [0.3, 0.4) is 0 Å². The van der Waals surface area contributed by atoms with E-state index in [9.17, 15) is 0 Å². The van der Waals surface area contributed by atoms with Crippen molar-refractivity contribution in [2.75, 3.05) is 62.3 Å². The molecule has 0 amide bonds. The van der Waals surface area contributed by atoms with E-state index in [1.165, 1.54) is 5.69 Å². The van der Waals surface area contributed by atoms with Gasteiger partial charge in [-0.15, -0.1) is 0 Å². The molecule has 146 valence electrons. The first kappa shape index (κ1) is 18.2. The lowest BCUT2D eigenvalue weighted by Gasteiger charge is -2.35. The van der Waals surface area contributed by atoms with E-state index in [0.29, 0.717) is 0 Å². The van der Waals surface area contributed by atoms with Crippen LogP contribution in [0.1, 0.15) is 17.1 Å². The topological polar surface area (TPSA) is 62.6 Å². The molecule has 27 heavy (non-hydrogen) atoms. The van der Waals surface area contributed by atoms with E-state index in [1.807, 2.05) is 11.7 Å². The highest BCUT2D eigenvalue weighted by Gasteiger charge is 2.22. The number of hydrogen-bond donors (Lipinski definition) is 0. The zero-order valence-corrected chi connectivity index (χ0v) is 16.6. The molecule has 2 aliphatic heterocycles. The summed E-state index contributed by atoms with van der Waals surface area (Å²) in [5.74, 6) is 1.87. The van der Waals surface area contributed by atoms with Crippen LogP contribution in [0, 0.1) is 13.8 Å². The van der Waals surface area contributed by atoms with E-state index < -0.39 is 0 Å².